The Bertz CT molecular complexity index is 1050. The molecule has 1 unspecified atom stereocenters. The summed E-state index contributed by atoms with van der Waals surface area (Å²) < 4.78 is 75.5. The number of fused-ring (bicyclic) bond motifs is 1. The molecule has 1 aliphatic heterocycles. The van der Waals surface area contributed by atoms with Gasteiger partial charge in [-0.25, -0.2) is 8.78 Å². The van der Waals surface area contributed by atoms with Gasteiger partial charge in [-0.2, -0.15) is 13.2 Å². The molecule has 1 aliphatic rings. The zero-order valence-corrected chi connectivity index (χ0v) is 17.8. The second-order valence-electron chi connectivity index (χ2n) is 6.67. The number of amides is 1. The van der Waals surface area contributed by atoms with Gasteiger partial charge in [-0.05, 0) is 12.1 Å². The summed E-state index contributed by atoms with van der Waals surface area (Å²) in [5.41, 5.74) is -3.37. The smallest absolute Gasteiger partial charge is 0.394 e. The van der Waals surface area contributed by atoms with Crippen LogP contribution in [0.1, 0.15) is 15.9 Å². The van der Waals surface area contributed by atoms with Crippen LogP contribution >= 0.6 is 23.4 Å². The fourth-order valence-corrected chi connectivity index (χ4v) is 4.51. The van der Waals surface area contributed by atoms with Crippen LogP contribution in [0.25, 0.3) is 11.1 Å². The number of anilines is 1. The monoisotopic (exact) mass is 498 g/mol. The largest absolute Gasteiger partial charge is 0.417 e. The summed E-state index contributed by atoms with van der Waals surface area (Å²) >= 11 is 6.44. The molecule has 2 atom stereocenters. The first-order valence-electron chi connectivity index (χ1n) is 8.93. The molecule has 0 radical (unpaired) electrons. The van der Waals surface area contributed by atoms with Gasteiger partial charge in [0.15, 0.2) is 0 Å². The maximum absolute atomic E-state index is 14.7. The number of carbonyl (C=O) groups is 1. The van der Waals surface area contributed by atoms with Gasteiger partial charge >= 0.3 is 6.18 Å². The van der Waals surface area contributed by atoms with Crippen LogP contribution in [0.5, 0.6) is 0 Å². The molecule has 0 bridgehead atoms. The lowest BCUT2D eigenvalue weighted by molar-refractivity contribution is -0.137. The lowest BCUT2D eigenvalue weighted by atomic mass is 9.94. The van der Waals surface area contributed by atoms with E-state index in [1.807, 2.05) is 5.32 Å². The first kappa shape index (κ1) is 24.5. The number of thioether (sulfide) groups is 1. The number of rotatable bonds is 6. The topological polar surface area (TPSA) is 90.8 Å². The Morgan fingerprint density at radius 2 is 1.88 bits per heavy atom. The van der Waals surface area contributed by atoms with Gasteiger partial charge in [0.2, 0.25) is 6.35 Å². The van der Waals surface area contributed by atoms with E-state index in [1.165, 1.54) is 7.11 Å². The normalized spacial score (nSPS) is 16.9. The molecule has 2 aromatic carbocycles. The number of benzene rings is 2. The number of nitrogens with one attached hydrogen (secondary N) is 2. The molecule has 13 heteroatoms. The van der Waals surface area contributed by atoms with Crippen LogP contribution in [0.15, 0.2) is 23.1 Å². The molecular weight excluding hydrogens is 483 g/mol. The molecule has 0 aromatic heterocycles. The van der Waals surface area contributed by atoms with Crippen molar-refractivity contribution in [1.82, 2.24) is 5.32 Å². The summed E-state index contributed by atoms with van der Waals surface area (Å²) in [5.74, 6) is -3.57. The van der Waals surface area contributed by atoms with E-state index >= 15 is 0 Å². The highest BCUT2D eigenvalue weighted by Gasteiger charge is 2.40. The molecule has 3 rings (SSSR count). The van der Waals surface area contributed by atoms with Crippen LogP contribution in [0.2, 0.25) is 5.02 Å². The van der Waals surface area contributed by atoms with Crippen LogP contribution in [-0.4, -0.2) is 48.0 Å². The summed E-state index contributed by atoms with van der Waals surface area (Å²) in [6.07, 6.45) is -7.47. The molecular formula is C19H16ClF5N2O4S. The molecule has 1 heterocycles. The Balaban J connectivity index is 2.37. The second-order valence-corrected chi connectivity index (χ2v) is 8.10. The second kappa shape index (κ2) is 9.40. The molecule has 0 fully saturated rings. The molecule has 0 aliphatic carbocycles. The van der Waals surface area contributed by atoms with E-state index in [2.05, 4.69) is 5.32 Å². The van der Waals surface area contributed by atoms with Crippen LogP contribution in [-0.2, 0) is 10.9 Å². The first-order valence-corrected chi connectivity index (χ1v) is 10.3. The van der Waals surface area contributed by atoms with E-state index in [0.717, 1.165) is 11.8 Å². The zero-order chi connectivity index (χ0) is 23.8. The third-order valence-corrected chi connectivity index (χ3v) is 6.14. The van der Waals surface area contributed by atoms with Gasteiger partial charge in [0.1, 0.15) is 11.6 Å². The molecule has 32 heavy (non-hydrogen) atoms. The minimum Gasteiger partial charge on any atom is -0.394 e. The van der Waals surface area contributed by atoms with Crippen LogP contribution in [0.4, 0.5) is 27.6 Å². The average molecular weight is 499 g/mol. The first-order chi connectivity index (χ1) is 15.0. The van der Waals surface area contributed by atoms with Gasteiger partial charge in [-0.15, -0.1) is 11.8 Å². The average Bonchev–Trinajstić information content (AvgIpc) is 2.70. The van der Waals surface area contributed by atoms with Gasteiger partial charge in [-0.3, -0.25) is 4.79 Å². The minimum absolute atomic E-state index is 0.0936. The van der Waals surface area contributed by atoms with Crippen molar-refractivity contribution < 1.29 is 41.7 Å². The van der Waals surface area contributed by atoms with Gasteiger partial charge in [0, 0.05) is 35.0 Å². The summed E-state index contributed by atoms with van der Waals surface area (Å²) in [6, 6.07) is 1.58. The Labute approximate surface area is 187 Å². The van der Waals surface area contributed by atoms with E-state index in [9.17, 15) is 37.0 Å². The minimum atomic E-state index is -5.04. The van der Waals surface area contributed by atoms with E-state index in [1.54, 1.807) is 0 Å². The Hall–Kier alpha value is -2.12. The van der Waals surface area contributed by atoms with Gasteiger partial charge in [0.25, 0.3) is 5.91 Å². The van der Waals surface area contributed by atoms with E-state index in [0.29, 0.717) is 18.2 Å². The lowest BCUT2D eigenvalue weighted by Gasteiger charge is -2.29. The summed E-state index contributed by atoms with van der Waals surface area (Å²) in [6.45, 7) is -0.465. The number of alkyl halides is 3. The number of ether oxygens (including phenoxy) is 1. The molecule has 174 valence electrons. The number of aliphatic hydroxyl groups excluding tert-OH is 2. The van der Waals surface area contributed by atoms with Crippen LogP contribution < -0.4 is 10.6 Å². The number of aliphatic hydroxyl groups is 2. The molecule has 0 saturated carbocycles. The summed E-state index contributed by atoms with van der Waals surface area (Å²) in [4.78, 5) is 12.0. The maximum Gasteiger partial charge on any atom is 0.417 e. The van der Waals surface area contributed by atoms with E-state index < -0.39 is 70.1 Å². The van der Waals surface area contributed by atoms with Crippen molar-refractivity contribution in [1.29, 1.82) is 0 Å². The predicted octanol–water partition coefficient (Wildman–Crippen LogP) is 3.83. The number of hydrogen-bond donors (Lipinski definition) is 4. The fourth-order valence-electron chi connectivity index (χ4n) is 3.08. The van der Waals surface area contributed by atoms with Crippen molar-refractivity contribution in [3.63, 3.8) is 0 Å². The molecule has 1 amide bonds. The lowest BCUT2D eigenvalue weighted by Crippen LogP contribution is -2.45. The zero-order valence-electron chi connectivity index (χ0n) is 16.2. The highest BCUT2D eigenvalue weighted by atomic mass is 35.5. The van der Waals surface area contributed by atoms with E-state index in [4.69, 9.17) is 16.3 Å². The van der Waals surface area contributed by atoms with E-state index in [-0.39, 0.29) is 16.3 Å². The third kappa shape index (κ3) is 4.79. The van der Waals surface area contributed by atoms with Crippen molar-refractivity contribution >= 4 is 35.0 Å². The SMILES string of the molecule is CO[C@@H](CO)CSc1c2c(cc(C(F)(F)F)c1-c1cc(Cl)c(F)cc1F)C(=O)NC(O)N2. The molecule has 2 aromatic rings. The molecule has 4 N–H and O–H groups in total. The fraction of sp³-hybridized carbons (Fsp3) is 0.316. The van der Waals surface area contributed by atoms with Crippen molar-refractivity contribution in [2.45, 2.75) is 23.5 Å². The van der Waals surface area contributed by atoms with Crippen molar-refractivity contribution in [2.24, 2.45) is 0 Å². The maximum atomic E-state index is 14.7. The third-order valence-electron chi connectivity index (χ3n) is 4.61. The Kier molecular flexibility index (Phi) is 7.20. The quantitative estimate of drug-likeness (QED) is 0.275. The summed E-state index contributed by atoms with van der Waals surface area (Å²) in [5, 5.41) is 23.1. The molecule has 6 nitrogen and oxygen atoms in total. The van der Waals surface area contributed by atoms with Gasteiger partial charge in [0.05, 0.1) is 34.5 Å². The highest BCUT2D eigenvalue weighted by Crippen LogP contribution is 2.49. The van der Waals surface area contributed by atoms with Crippen molar-refractivity contribution in [2.75, 3.05) is 24.8 Å². The molecule has 0 saturated heterocycles. The number of halogens is 6. The molecule has 0 spiro atoms. The van der Waals surface area contributed by atoms with Crippen LogP contribution in [0.3, 0.4) is 0 Å². The van der Waals surface area contributed by atoms with Crippen molar-refractivity contribution in [3.8, 4) is 11.1 Å². The van der Waals surface area contributed by atoms with Gasteiger partial charge < -0.3 is 25.6 Å². The highest BCUT2D eigenvalue weighted by molar-refractivity contribution is 7.99. The van der Waals surface area contributed by atoms with Gasteiger partial charge in [-0.1, -0.05) is 11.6 Å². The Morgan fingerprint density at radius 1 is 1.19 bits per heavy atom. The summed E-state index contributed by atoms with van der Waals surface area (Å²) in [7, 11) is 1.28. The number of carbonyl (C=O) groups excluding carboxylic acids is 1. The van der Waals surface area contributed by atoms with Crippen molar-refractivity contribution in [3.05, 3.63) is 46.0 Å². The Morgan fingerprint density at radius 3 is 2.47 bits per heavy atom. The predicted molar refractivity (Wildman–Crippen MR) is 108 cm³/mol. The number of methoxy groups -OCH3 is 1. The van der Waals surface area contributed by atoms with Crippen LogP contribution in [0, 0.1) is 11.6 Å². The number of hydrogen-bond acceptors (Lipinski definition) is 6. The standard InChI is InChI=1S/C19H16ClF5N2O4S/c1-31-7(5-28)6-32-16-14(8-3-11(20)13(22)4-12(8)21)10(19(23,24)25)2-9-15(16)26-18(30)27-17(9)29/h2-4,7,18,26,28,30H,5-6H2,1H3,(H,27,29)/t7-,18?/m0/s1.